The first kappa shape index (κ1) is 5.67. The summed E-state index contributed by atoms with van der Waals surface area (Å²) < 4.78 is 0. The minimum Gasteiger partial charge on any atom is -0.145 e. The first-order valence-electron chi connectivity index (χ1n) is 2.28. The van der Waals surface area contributed by atoms with Gasteiger partial charge in [0.15, 0.2) is 0 Å². The van der Waals surface area contributed by atoms with Gasteiger partial charge in [-0.1, -0.05) is 11.3 Å². The fourth-order valence-corrected chi connectivity index (χ4v) is 2.43. The van der Waals surface area contributed by atoms with Gasteiger partial charge in [0.25, 0.3) is 7.42 Å². The minimum atomic E-state index is -1.37. The third-order valence-corrected chi connectivity index (χ3v) is 3.89. The zero-order valence-corrected chi connectivity index (χ0v) is 6.49. The molecule has 40 valence electrons. The molecule has 7 heavy (non-hydrogen) atoms. The molecule has 0 N–H and O–H groups in total. The van der Waals surface area contributed by atoms with Crippen molar-refractivity contribution < 1.29 is 0 Å². The fourth-order valence-electron chi connectivity index (χ4n) is 0.509. The molecule has 0 amide bonds. The average Bonchev–Trinajstić information content (AvgIpc) is 1.23. The van der Waals surface area contributed by atoms with Gasteiger partial charge in [0.2, 0.25) is 0 Å². The third-order valence-electron chi connectivity index (χ3n) is 1.12. The van der Waals surface area contributed by atoms with E-state index in [4.69, 9.17) is 22.2 Å². The van der Waals surface area contributed by atoms with Crippen molar-refractivity contribution >= 4 is 29.6 Å². The van der Waals surface area contributed by atoms with E-state index in [1.54, 1.807) is 0 Å². The zero-order valence-electron chi connectivity index (χ0n) is 3.82. The van der Waals surface area contributed by atoms with Gasteiger partial charge in [-0.3, -0.25) is 0 Å². The van der Waals surface area contributed by atoms with Crippen molar-refractivity contribution in [3.8, 4) is 0 Å². The van der Waals surface area contributed by atoms with Gasteiger partial charge in [0, 0.05) is 0 Å². The SMILES string of the molecule is Cl[SiH](Cl)C1=CCC1. The Morgan fingerprint density at radius 3 is 2.14 bits per heavy atom. The van der Waals surface area contributed by atoms with Crippen molar-refractivity contribution in [2.75, 3.05) is 0 Å². The van der Waals surface area contributed by atoms with E-state index in [2.05, 4.69) is 6.08 Å². The van der Waals surface area contributed by atoms with E-state index in [1.165, 1.54) is 11.6 Å². The molecule has 0 saturated carbocycles. The van der Waals surface area contributed by atoms with Crippen LogP contribution in [0.15, 0.2) is 11.3 Å². The molecule has 0 nitrogen and oxygen atoms in total. The molecular weight excluding hydrogens is 147 g/mol. The van der Waals surface area contributed by atoms with Gasteiger partial charge >= 0.3 is 0 Å². The molecule has 0 aromatic heterocycles. The Labute approximate surface area is 54.1 Å². The summed E-state index contributed by atoms with van der Waals surface area (Å²) in [6, 6.07) is 0. The van der Waals surface area contributed by atoms with Crippen molar-refractivity contribution in [2.45, 2.75) is 12.8 Å². The molecule has 0 heterocycles. The summed E-state index contributed by atoms with van der Waals surface area (Å²) in [5.41, 5.74) is 0. The lowest BCUT2D eigenvalue weighted by Crippen LogP contribution is -2.05. The molecule has 1 rings (SSSR count). The molecule has 1 aliphatic carbocycles. The second-order valence-corrected chi connectivity index (χ2v) is 6.25. The number of hydrogen-bond donors (Lipinski definition) is 0. The Hall–Kier alpha value is 0.537. The number of hydrogen-bond acceptors (Lipinski definition) is 0. The van der Waals surface area contributed by atoms with Crippen molar-refractivity contribution in [3.05, 3.63) is 11.3 Å². The van der Waals surface area contributed by atoms with E-state index < -0.39 is 7.42 Å². The van der Waals surface area contributed by atoms with Crippen LogP contribution in [-0.2, 0) is 0 Å². The summed E-state index contributed by atoms with van der Waals surface area (Å²) >= 11 is 11.2. The lowest BCUT2D eigenvalue weighted by molar-refractivity contribution is 0.934. The maximum absolute atomic E-state index is 5.62. The molecular formula is C4H6Cl2Si. The highest BCUT2D eigenvalue weighted by Gasteiger charge is 2.13. The van der Waals surface area contributed by atoms with E-state index in [-0.39, 0.29) is 0 Å². The van der Waals surface area contributed by atoms with Crippen LogP contribution in [0.5, 0.6) is 0 Å². The Bertz CT molecular complexity index is 97.9. The van der Waals surface area contributed by atoms with Crippen LogP contribution in [0.2, 0.25) is 0 Å². The van der Waals surface area contributed by atoms with Gasteiger partial charge in [0.05, 0.1) is 0 Å². The molecule has 0 atom stereocenters. The topological polar surface area (TPSA) is 0 Å². The van der Waals surface area contributed by atoms with Gasteiger partial charge in [-0.2, -0.15) is 0 Å². The molecule has 0 aliphatic heterocycles. The fraction of sp³-hybridized carbons (Fsp3) is 0.500. The summed E-state index contributed by atoms with van der Waals surface area (Å²) in [6.45, 7) is 0. The smallest absolute Gasteiger partial charge is 0.145 e. The summed E-state index contributed by atoms with van der Waals surface area (Å²) in [7, 11) is -1.37. The van der Waals surface area contributed by atoms with Gasteiger partial charge in [-0.25, -0.2) is 0 Å². The predicted octanol–water partition coefficient (Wildman–Crippen LogP) is 1.94. The van der Waals surface area contributed by atoms with Crippen LogP contribution in [0.4, 0.5) is 0 Å². The molecule has 1 aliphatic rings. The molecule has 0 aromatic rings. The van der Waals surface area contributed by atoms with E-state index in [0.29, 0.717) is 0 Å². The molecule has 0 spiro atoms. The van der Waals surface area contributed by atoms with Gasteiger partial charge in [-0.05, 0) is 12.8 Å². The highest BCUT2D eigenvalue weighted by atomic mass is 35.7. The van der Waals surface area contributed by atoms with E-state index in [1.807, 2.05) is 0 Å². The van der Waals surface area contributed by atoms with Crippen LogP contribution in [0, 0.1) is 0 Å². The normalized spacial score (nSPS) is 19.0. The molecule has 0 unspecified atom stereocenters. The van der Waals surface area contributed by atoms with E-state index in [0.717, 1.165) is 6.42 Å². The number of rotatable bonds is 1. The number of halogens is 2. The van der Waals surface area contributed by atoms with Gasteiger partial charge in [-0.15, -0.1) is 22.2 Å². The van der Waals surface area contributed by atoms with Crippen LogP contribution >= 0.6 is 22.2 Å². The standard InChI is InChI=1S/C4H6Cl2Si/c5-7(6)4-2-1-3-4/h2,7H,1,3H2. The summed E-state index contributed by atoms with van der Waals surface area (Å²) in [6.07, 6.45) is 4.49. The maximum Gasteiger partial charge on any atom is 0.262 e. The largest absolute Gasteiger partial charge is 0.262 e. The third kappa shape index (κ3) is 1.21. The Balaban J connectivity index is 2.40. The van der Waals surface area contributed by atoms with Gasteiger partial charge < -0.3 is 0 Å². The van der Waals surface area contributed by atoms with Crippen LogP contribution in [0.3, 0.4) is 0 Å². The van der Waals surface area contributed by atoms with Crippen molar-refractivity contribution in [1.82, 2.24) is 0 Å². The summed E-state index contributed by atoms with van der Waals surface area (Å²) in [5, 5.41) is 1.32. The molecule has 0 bridgehead atoms. The second kappa shape index (κ2) is 2.20. The zero-order chi connectivity index (χ0) is 5.28. The monoisotopic (exact) mass is 152 g/mol. The van der Waals surface area contributed by atoms with Crippen molar-refractivity contribution in [3.63, 3.8) is 0 Å². The summed E-state index contributed by atoms with van der Waals surface area (Å²) in [5.74, 6) is 0. The van der Waals surface area contributed by atoms with Crippen LogP contribution in [0.1, 0.15) is 12.8 Å². The maximum atomic E-state index is 5.62. The second-order valence-electron chi connectivity index (χ2n) is 1.62. The highest BCUT2D eigenvalue weighted by molar-refractivity contribution is 7.37. The molecule has 0 radical (unpaired) electrons. The minimum absolute atomic E-state index is 1.16. The Morgan fingerprint density at radius 1 is 1.57 bits per heavy atom. The predicted molar refractivity (Wildman–Crippen MR) is 36.2 cm³/mol. The molecule has 0 aromatic carbocycles. The van der Waals surface area contributed by atoms with E-state index >= 15 is 0 Å². The van der Waals surface area contributed by atoms with Crippen molar-refractivity contribution in [2.24, 2.45) is 0 Å². The van der Waals surface area contributed by atoms with Crippen molar-refractivity contribution in [1.29, 1.82) is 0 Å². The van der Waals surface area contributed by atoms with Crippen LogP contribution in [0.25, 0.3) is 0 Å². The first-order valence-corrected chi connectivity index (χ1v) is 6.34. The Kier molecular flexibility index (Phi) is 1.78. The van der Waals surface area contributed by atoms with Crippen LogP contribution in [-0.4, -0.2) is 7.42 Å². The van der Waals surface area contributed by atoms with Gasteiger partial charge in [0.1, 0.15) is 0 Å². The number of allylic oxidation sites excluding steroid dienone is 2. The summed E-state index contributed by atoms with van der Waals surface area (Å²) in [4.78, 5) is 0. The lowest BCUT2D eigenvalue weighted by atomic mass is 10.1. The molecule has 0 saturated heterocycles. The quantitative estimate of drug-likeness (QED) is 0.399. The highest BCUT2D eigenvalue weighted by Crippen LogP contribution is 2.23. The Morgan fingerprint density at radius 2 is 2.14 bits per heavy atom. The van der Waals surface area contributed by atoms with E-state index in [9.17, 15) is 0 Å². The van der Waals surface area contributed by atoms with Crippen LogP contribution < -0.4 is 0 Å². The molecule has 3 heteroatoms. The lowest BCUT2D eigenvalue weighted by Gasteiger charge is -2.12. The first-order chi connectivity index (χ1) is 3.30. The molecule has 0 fully saturated rings. The average molecular weight is 153 g/mol.